The largest absolute Gasteiger partial charge is 0.485 e. The quantitative estimate of drug-likeness (QED) is 0.660. The Kier molecular flexibility index (Phi) is 5.73. The molecule has 8 nitrogen and oxygen atoms in total. The lowest BCUT2D eigenvalue weighted by molar-refractivity contribution is -0.141. The SMILES string of the molecule is Cc1ccc(Nc2nc(C)cc(N3CCN(C(=O)C4COc5ccccc5O4)CC3)n2)cc1. The Morgan fingerprint density at radius 2 is 1.70 bits per heavy atom. The van der Waals surface area contributed by atoms with Gasteiger partial charge in [0.1, 0.15) is 12.4 Å². The van der Waals surface area contributed by atoms with Crippen LogP contribution in [0.3, 0.4) is 0 Å². The number of hydrogen-bond donors (Lipinski definition) is 1. The smallest absolute Gasteiger partial charge is 0.267 e. The average molecular weight is 446 g/mol. The number of hydrogen-bond acceptors (Lipinski definition) is 7. The van der Waals surface area contributed by atoms with Crippen molar-refractivity contribution in [2.45, 2.75) is 20.0 Å². The van der Waals surface area contributed by atoms with E-state index in [0.717, 1.165) is 17.2 Å². The number of rotatable bonds is 4. The second kappa shape index (κ2) is 8.97. The number of fused-ring (bicyclic) bond motifs is 1. The Bertz CT molecular complexity index is 1140. The fourth-order valence-corrected chi connectivity index (χ4v) is 4.04. The van der Waals surface area contributed by atoms with Gasteiger partial charge in [-0.3, -0.25) is 4.79 Å². The molecule has 0 saturated carbocycles. The van der Waals surface area contributed by atoms with E-state index in [1.54, 1.807) is 0 Å². The monoisotopic (exact) mass is 445 g/mol. The summed E-state index contributed by atoms with van der Waals surface area (Å²) in [6.45, 7) is 6.83. The predicted molar refractivity (Wildman–Crippen MR) is 126 cm³/mol. The maximum atomic E-state index is 13.0. The van der Waals surface area contributed by atoms with E-state index in [0.29, 0.717) is 43.6 Å². The van der Waals surface area contributed by atoms with E-state index in [2.05, 4.69) is 34.3 Å². The van der Waals surface area contributed by atoms with Crippen molar-refractivity contribution in [2.75, 3.05) is 43.0 Å². The third-order valence-corrected chi connectivity index (χ3v) is 5.85. The first-order chi connectivity index (χ1) is 16.0. The lowest BCUT2D eigenvalue weighted by atomic mass is 10.2. The number of carbonyl (C=O) groups is 1. The topological polar surface area (TPSA) is 79.8 Å². The molecule has 3 aromatic rings. The van der Waals surface area contributed by atoms with Crippen molar-refractivity contribution < 1.29 is 14.3 Å². The minimum atomic E-state index is -0.613. The molecule has 1 unspecified atom stereocenters. The van der Waals surface area contributed by atoms with E-state index >= 15 is 0 Å². The molecule has 1 atom stereocenters. The summed E-state index contributed by atoms with van der Waals surface area (Å²) in [7, 11) is 0. The van der Waals surface area contributed by atoms with Crippen LogP contribution in [0.15, 0.2) is 54.6 Å². The van der Waals surface area contributed by atoms with Gasteiger partial charge in [0.2, 0.25) is 12.1 Å². The number of piperazine rings is 1. The van der Waals surface area contributed by atoms with Crippen LogP contribution in [0.2, 0.25) is 0 Å². The summed E-state index contributed by atoms with van der Waals surface area (Å²) < 4.78 is 11.6. The second-order valence-electron chi connectivity index (χ2n) is 8.36. The number of ether oxygens (including phenoxy) is 2. The van der Waals surface area contributed by atoms with Crippen LogP contribution < -0.4 is 19.7 Å². The molecule has 0 bridgehead atoms. The summed E-state index contributed by atoms with van der Waals surface area (Å²) in [5, 5.41) is 3.29. The van der Waals surface area contributed by atoms with Crippen LogP contribution >= 0.6 is 0 Å². The van der Waals surface area contributed by atoms with E-state index in [1.165, 1.54) is 5.56 Å². The number of amides is 1. The Morgan fingerprint density at radius 3 is 2.45 bits per heavy atom. The maximum Gasteiger partial charge on any atom is 0.267 e. The van der Waals surface area contributed by atoms with Gasteiger partial charge >= 0.3 is 0 Å². The van der Waals surface area contributed by atoms with Crippen molar-refractivity contribution in [2.24, 2.45) is 0 Å². The zero-order valence-corrected chi connectivity index (χ0v) is 18.8. The Balaban J connectivity index is 1.21. The highest BCUT2D eigenvalue weighted by Crippen LogP contribution is 2.31. The molecule has 1 aromatic heterocycles. The molecule has 2 aliphatic heterocycles. The summed E-state index contributed by atoms with van der Waals surface area (Å²) in [4.78, 5) is 26.3. The number of anilines is 3. The zero-order chi connectivity index (χ0) is 22.8. The van der Waals surface area contributed by atoms with Crippen LogP contribution in [0.25, 0.3) is 0 Å². The third kappa shape index (κ3) is 4.69. The van der Waals surface area contributed by atoms with Crippen LogP contribution in [-0.2, 0) is 4.79 Å². The van der Waals surface area contributed by atoms with Gasteiger partial charge in [-0.25, -0.2) is 4.98 Å². The first-order valence-electron chi connectivity index (χ1n) is 11.2. The normalized spacial score (nSPS) is 17.6. The number of aryl methyl sites for hydroxylation is 2. The number of nitrogens with one attached hydrogen (secondary N) is 1. The molecule has 0 aliphatic carbocycles. The van der Waals surface area contributed by atoms with E-state index in [1.807, 2.05) is 54.3 Å². The van der Waals surface area contributed by atoms with E-state index < -0.39 is 6.10 Å². The number of carbonyl (C=O) groups excluding carboxylic acids is 1. The van der Waals surface area contributed by atoms with E-state index in [9.17, 15) is 4.79 Å². The lowest BCUT2D eigenvalue weighted by Crippen LogP contribution is -2.54. The predicted octanol–water partition coefficient (Wildman–Crippen LogP) is 3.33. The fraction of sp³-hybridized carbons (Fsp3) is 0.320. The molecule has 0 spiro atoms. The maximum absolute atomic E-state index is 13.0. The summed E-state index contributed by atoms with van der Waals surface area (Å²) in [5.41, 5.74) is 3.04. The summed E-state index contributed by atoms with van der Waals surface area (Å²) >= 11 is 0. The van der Waals surface area contributed by atoms with Crippen molar-refractivity contribution >= 4 is 23.4 Å². The van der Waals surface area contributed by atoms with Gasteiger partial charge in [-0.2, -0.15) is 4.98 Å². The van der Waals surface area contributed by atoms with Gasteiger partial charge in [-0.05, 0) is 38.1 Å². The van der Waals surface area contributed by atoms with Gasteiger partial charge in [0, 0.05) is 43.6 Å². The second-order valence-corrected chi connectivity index (χ2v) is 8.36. The highest BCUT2D eigenvalue weighted by Gasteiger charge is 2.33. The van der Waals surface area contributed by atoms with Crippen LogP contribution in [-0.4, -0.2) is 59.7 Å². The molecule has 33 heavy (non-hydrogen) atoms. The van der Waals surface area contributed by atoms with Crippen LogP contribution in [0, 0.1) is 13.8 Å². The molecule has 0 radical (unpaired) electrons. The van der Waals surface area contributed by atoms with Crippen molar-refractivity contribution in [3.05, 3.63) is 65.9 Å². The lowest BCUT2D eigenvalue weighted by Gasteiger charge is -2.37. The third-order valence-electron chi connectivity index (χ3n) is 5.85. The summed E-state index contributed by atoms with van der Waals surface area (Å²) in [5.74, 6) is 2.69. The molecule has 5 rings (SSSR count). The minimum absolute atomic E-state index is 0.0373. The zero-order valence-electron chi connectivity index (χ0n) is 18.8. The molecule has 8 heteroatoms. The molecule has 1 amide bonds. The number of aromatic nitrogens is 2. The highest BCUT2D eigenvalue weighted by molar-refractivity contribution is 5.82. The molecule has 1 saturated heterocycles. The molecule has 2 aliphatic rings. The van der Waals surface area contributed by atoms with Crippen LogP contribution in [0.4, 0.5) is 17.5 Å². The number of nitrogens with zero attached hydrogens (tertiary/aromatic N) is 4. The standard InChI is InChI=1S/C25H27N5O3/c1-17-7-9-19(10-8-17)27-25-26-18(2)15-23(28-25)29-11-13-30(14-12-29)24(31)22-16-32-20-5-3-4-6-21(20)33-22/h3-10,15,22H,11-14,16H2,1-2H3,(H,26,27,28). The summed E-state index contributed by atoms with van der Waals surface area (Å²) in [6.07, 6.45) is -0.613. The molecule has 170 valence electrons. The van der Waals surface area contributed by atoms with Gasteiger partial charge in [0.25, 0.3) is 5.91 Å². The first kappa shape index (κ1) is 21.1. The van der Waals surface area contributed by atoms with Crippen LogP contribution in [0.5, 0.6) is 11.5 Å². The van der Waals surface area contributed by atoms with Gasteiger partial charge in [0.15, 0.2) is 11.5 Å². The van der Waals surface area contributed by atoms with Gasteiger partial charge in [0.05, 0.1) is 0 Å². The van der Waals surface area contributed by atoms with Crippen molar-refractivity contribution in [1.29, 1.82) is 0 Å². The van der Waals surface area contributed by atoms with Gasteiger partial charge in [-0.1, -0.05) is 29.8 Å². The van der Waals surface area contributed by atoms with Crippen molar-refractivity contribution in [1.82, 2.24) is 14.9 Å². The van der Waals surface area contributed by atoms with Gasteiger partial charge < -0.3 is 24.6 Å². The summed E-state index contributed by atoms with van der Waals surface area (Å²) in [6, 6.07) is 17.5. The molecular formula is C25H27N5O3. The molecule has 2 aromatic carbocycles. The average Bonchev–Trinajstić information content (AvgIpc) is 2.84. The Labute approximate surface area is 193 Å². The Hall–Kier alpha value is -3.81. The number of benzene rings is 2. The Morgan fingerprint density at radius 1 is 0.970 bits per heavy atom. The molecule has 1 N–H and O–H groups in total. The highest BCUT2D eigenvalue weighted by atomic mass is 16.6. The molecule has 3 heterocycles. The van der Waals surface area contributed by atoms with Crippen LogP contribution in [0.1, 0.15) is 11.3 Å². The molecular weight excluding hydrogens is 418 g/mol. The van der Waals surface area contributed by atoms with E-state index in [4.69, 9.17) is 14.5 Å². The van der Waals surface area contributed by atoms with Crippen molar-refractivity contribution in [3.63, 3.8) is 0 Å². The van der Waals surface area contributed by atoms with Gasteiger partial charge in [-0.15, -0.1) is 0 Å². The first-order valence-corrected chi connectivity index (χ1v) is 11.2. The number of para-hydroxylation sites is 2. The molecule has 1 fully saturated rings. The van der Waals surface area contributed by atoms with Crippen molar-refractivity contribution in [3.8, 4) is 11.5 Å². The fourth-order valence-electron chi connectivity index (χ4n) is 4.04. The minimum Gasteiger partial charge on any atom is -0.485 e. The van der Waals surface area contributed by atoms with E-state index in [-0.39, 0.29) is 12.5 Å².